The number of nitrogens with one attached hydrogen (secondary N) is 1. The van der Waals surface area contributed by atoms with Gasteiger partial charge in [0.1, 0.15) is 5.69 Å². The summed E-state index contributed by atoms with van der Waals surface area (Å²) in [5, 5.41) is 11.5. The van der Waals surface area contributed by atoms with Crippen molar-refractivity contribution in [2.45, 2.75) is 6.92 Å². The standard InChI is InChI=1S/C14H11BrN2O3/c1-8-6-10(15)3-5-11(8)17-13(18)9-2-4-12(14(19)20)16-7-9/h2-7H,1H3,(H,17,18)(H,19,20). The summed E-state index contributed by atoms with van der Waals surface area (Å²) in [5.74, 6) is -1.46. The van der Waals surface area contributed by atoms with Gasteiger partial charge in [-0.25, -0.2) is 9.78 Å². The number of carbonyl (C=O) groups is 2. The minimum Gasteiger partial charge on any atom is -0.477 e. The number of amides is 1. The van der Waals surface area contributed by atoms with Crippen molar-refractivity contribution in [1.29, 1.82) is 0 Å². The van der Waals surface area contributed by atoms with E-state index in [4.69, 9.17) is 5.11 Å². The third-order valence-corrected chi connectivity index (χ3v) is 3.17. The van der Waals surface area contributed by atoms with Gasteiger partial charge in [0.15, 0.2) is 0 Å². The van der Waals surface area contributed by atoms with Crippen LogP contribution >= 0.6 is 15.9 Å². The van der Waals surface area contributed by atoms with E-state index < -0.39 is 5.97 Å². The molecule has 2 rings (SSSR count). The van der Waals surface area contributed by atoms with Gasteiger partial charge in [-0.15, -0.1) is 0 Å². The SMILES string of the molecule is Cc1cc(Br)ccc1NC(=O)c1ccc(C(=O)O)nc1. The fourth-order valence-electron chi connectivity index (χ4n) is 1.62. The van der Waals surface area contributed by atoms with E-state index in [2.05, 4.69) is 26.2 Å². The van der Waals surface area contributed by atoms with Gasteiger partial charge in [-0.05, 0) is 42.8 Å². The van der Waals surface area contributed by atoms with Crippen LogP contribution in [0.25, 0.3) is 0 Å². The zero-order valence-electron chi connectivity index (χ0n) is 10.6. The summed E-state index contributed by atoms with van der Waals surface area (Å²) >= 11 is 3.35. The van der Waals surface area contributed by atoms with E-state index in [1.165, 1.54) is 18.3 Å². The number of aromatic nitrogens is 1. The van der Waals surface area contributed by atoms with E-state index in [1.54, 1.807) is 6.07 Å². The van der Waals surface area contributed by atoms with Crippen LogP contribution in [0.4, 0.5) is 5.69 Å². The maximum Gasteiger partial charge on any atom is 0.354 e. The molecule has 0 atom stereocenters. The van der Waals surface area contributed by atoms with Crippen LogP contribution in [0.5, 0.6) is 0 Å². The number of carboxylic acid groups (broad SMARTS) is 1. The van der Waals surface area contributed by atoms with Gasteiger partial charge in [0.2, 0.25) is 0 Å². The predicted octanol–water partition coefficient (Wildman–Crippen LogP) is 3.10. The Morgan fingerprint density at radius 1 is 1.25 bits per heavy atom. The van der Waals surface area contributed by atoms with Gasteiger partial charge in [-0.3, -0.25) is 4.79 Å². The molecule has 0 saturated heterocycles. The van der Waals surface area contributed by atoms with E-state index in [9.17, 15) is 9.59 Å². The van der Waals surface area contributed by atoms with Gasteiger partial charge in [0.05, 0.1) is 5.56 Å². The molecule has 0 unspecified atom stereocenters. The largest absolute Gasteiger partial charge is 0.477 e. The number of aryl methyl sites for hydroxylation is 1. The van der Waals surface area contributed by atoms with Gasteiger partial charge in [-0.1, -0.05) is 15.9 Å². The maximum absolute atomic E-state index is 12.0. The number of halogens is 1. The molecular weight excluding hydrogens is 324 g/mol. The molecule has 1 amide bonds. The van der Waals surface area contributed by atoms with Crippen LogP contribution in [0.2, 0.25) is 0 Å². The number of pyridine rings is 1. The Morgan fingerprint density at radius 3 is 2.55 bits per heavy atom. The van der Waals surface area contributed by atoms with Crippen molar-refractivity contribution in [2.24, 2.45) is 0 Å². The molecular formula is C14H11BrN2O3. The molecule has 0 radical (unpaired) electrons. The lowest BCUT2D eigenvalue weighted by Crippen LogP contribution is -2.13. The fraction of sp³-hybridized carbons (Fsp3) is 0.0714. The highest BCUT2D eigenvalue weighted by atomic mass is 79.9. The van der Waals surface area contributed by atoms with Crippen LogP contribution in [0.1, 0.15) is 26.4 Å². The summed E-state index contributed by atoms with van der Waals surface area (Å²) in [6.45, 7) is 1.88. The van der Waals surface area contributed by atoms with E-state index in [0.29, 0.717) is 11.3 Å². The second kappa shape index (κ2) is 5.83. The Bertz CT molecular complexity index is 669. The smallest absolute Gasteiger partial charge is 0.354 e. The first-order chi connectivity index (χ1) is 9.47. The molecule has 0 saturated carbocycles. The van der Waals surface area contributed by atoms with Crippen LogP contribution in [-0.2, 0) is 0 Å². The van der Waals surface area contributed by atoms with E-state index >= 15 is 0 Å². The number of carbonyl (C=O) groups excluding carboxylic acids is 1. The zero-order valence-corrected chi connectivity index (χ0v) is 12.1. The lowest BCUT2D eigenvalue weighted by Gasteiger charge is -2.08. The molecule has 1 heterocycles. The Hall–Kier alpha value is -2.21. The Kier molecular flexibility index (Phi) is 4.14. The van der Waals surface area contributed by atoms with Gasteiger partial charge < -0.3 is 10.4 Å². The first-order valence-corrected chi connectivity index (χ1v) is 6.53. The molecule has 0 aliphatic heterocycles. The van der Waals surface area contributed by atoms with E-state index in [1.807, 2.05) is 19.1 Å². The minimum absolute atomic E-state index is 0.0960. The number of anilines is 1. The summed E-state index contributed by atoms with van der Waals surface area (Å²) in [5.41, 5.74) is 1.82. The molecule has 0 bridgehead atoms. The number of hydrogen-bond donors (Lipinski definition) is 2. The van der Waals surface area contributed by atoms with Gasteiger partial charge in [0, 0.05) is 16.4 Å². The molecule has 0 aliphatic carbocycles. The second-order valence-electron chi connectivity index (χ2n) is 4.15. The van der Waals surface area contributed by atoms with Crippen molar-refractivity contribution in [3.8, 4) is 0 Å². The van der Waals surface area contributed by atoms with E-state index in [0.717, 1.165) is 10.0 Å². The summed E-state index contributed by atoms with van der Waals surface area (Å²) in [6, 6.07) is 8.23. The molecule has 1 aromatic carbocycles. The normalized spacial score (nSPS) is 10.1. The average Bonchev–Trinajstić information content (AvgIpc) is 2.42. The van der Waals surface area contributed by atoms with Gasteiger partial charge >= 0.3 is 5.97 Å². The molecule has 6 heteroatoms. The fourth-order valence-corrected chi connectivity index (χ4v) is 2.09. The van der Waals surface area contributed by atoms with Crippen LogP contribution in [0.3, 0.4) is 0 Å². The van der Waals surface area contributed by atoms with Crippen LogP contribution < -0.4 is 5.32 Å². The highest BCUT2D eigenvalue weighted by Crippen LogP contribution is 2.20. The Morgan fingerprint density at radius 2 is 2.00 bits per heavy atom. The van der Waals surface area contributed by atoms with Crippen molar-refractivity contribution >= 4 is 33.5 Å². The third kappa shape index (κ3) is 3.21. The van der Waals surface area contributed by atoms with E-state index in [-0.39, 0.29) is 11.6 Å². The first-order valence-electron chi connectivity index (χ1n) is 5.74. The number of aromatic carboxylic acids is 1. The molecule has 0 fully saturated rings. The minimum atomic E-state index is -1.12. The highest BCUT2D eigenvalue weighted by molar-refractivity contribution is 9.10. The van der Waals surface area contributed by atoms with Crippen LogP contribution in [0.15, 0.2) is 41.0 Å². The number of nitrogens with zero attached hydrogens (tertiary/aromatic N) is 1. The Labute approximate surface area is 123 Å². The summed E-state index contributed by atoms with van der Waals surface area (Å²) < 4.78 is 0.931. The van der Waals surface area contributed by atoms with Crippen LogP contribution in [0, 0.1) is 6.92 Å². The molecule has 5 nitrogen and oxygen atoms in total. The molecule has 102 valence electrons. The topological polar surface area (TPSA) is 79.3 Å². The molecule has 1 aromatic heterocycles. The average molecular weight is 335 g/mol. The number of carboxylic acids is 1. The number of hydrogen-bond acceptors (Lipinski definition) is 3. The molecule has 2 N–H and O–H groups in total. The molecule has 20 heavy (non-hydrogen) atoms. The van der Waals surface area contributed by atoms with Gasteiger partial charge in [0.25, 0.3) is 5.91 Å². The monoisotopic (exact) mass is 334 g/mol. The zero-order chi connectivity index (χ0) is 14.7. The van der Waals surface area contributed by atoms with Crippen molar-refractivity contribution in [2.75, 3.05) is 5.32 Å². The highest BCUT2D eigenvalue weighted by Gasteiger charge is 2.10. The van der Waals surface area contributed by atoms with Crippen molar-refractivity contribution < 1.29 is 14.7 Å². The van der Waals surface area contributed by atoms with Crippen LogP contribution in [-0.4, -0.2) is 22.0 Å². The third-order valence-electron chi connectivity index (χ3n) is 2.68. The van der Waals surface area contributed by atoms with Crippen molar-refractivity contribution in [3.63, 3.8) is 0 Å². The van der Waals surface area contributed by atoms with Crippen molar-refractivity contribution in [1.82, 2.24) is 4.98 Å². The molecule has 2 aromatic rings. The molecule has 0 spiro atoms. The number of rotatable bonds is 3. The molecule has 0 aliphatic rings. The lowest BCUT2D eigenvalue weighted by molar-refractivity contribution is 0.0690. The maximum atomic E-state index is 12.0. The second-order valence-corrected chi connectivity index (χ2v) is 5.07. The summed E-state index contributed by atoms with van der Waals surface area (Å²) in [4.78, 5) is 26.4. The first kappa shape index (κ1) is 14.2. The predicted molar refractivity (Wildman–Crippen MR) is 78.0 cm³/mol. The van der Waals surface area contributed by atoms with Gasteiger partial charge in [-0.2, -0.15) is 0 Å². The van der Waals surface area contributed by atoms with Crippen molar-refractivity contribution in [3.05, 3.63) is 57.8 Å². The lowest BCUT2D eigenvalue weighted by atomic mass is 10.2. The summed E-state index contributed by atoms with van der Waals surface area (Å²) in [6.07, 6.45) is 1.24. The number of benzene rings is 1. The Balaban J connectivity index is 2.17. The summed E-state index contributed by atoms with van der Waals surface area (Å²) in [7, 11) is 0. The quantitative estimate of drug-likeness (QED) is 0.903.